The van der Waals surface area contributed by atoms with E-state index < -0.39 is 6.43 Å². The van der Waals surface area contributed by atoms with Crippen LogP contribution in [0.3, 0.4) is 0 Å². The monoisotopic (exact) mass is 376 g/mol. The number of alkyl halides is 2. The summed E-state index contributed by atoms with van der Waals surface area (Å²) in [4.78, 5) is 17.6. The highest BCUT2D eigenvalue weighted by atomic mass is 32.1. The number of thiophene rings is 1. The lowest BCUT2D eigenvalue weighted by molar-refractivity contribution is 0.155. The molecule has 0 unspecified atom stereocenters. The van der Waals surface area contributed by atoms with Gasteiger partial charge in [0.2, 0.25) is 0 Å². The van der Waals surface area contributed by atoms with Crippen LogP contribution in [-0.2, 0) is 20.6 Å². The third-order valence-corrected chi connectivity index (χ3v) is 5.21. The van der Waals surface area contributed by atoms with E-state index in [2.05, 4.69) is 15.3 Å². The van der Waals surface area contributed by atoms with E-state index in [0.717, 1.165) is 11.3 Å². The number of imidazole rings is 1. The van der Waals surface area contributed by atoms with Crippen LogP contribution in [0.15, 0.2) is 35.4 Å². The smallest absolute Gasteiger partial charge is 0.284 e. The van der Waals surface area contributed by atoms with Crippen LogP contribution < -0.4 is 5.69 Å². The van der Waals surface area contributed by atoms with Crippen molar-refractivity contribution in [3.8, 4) is 10.4 Å². The first-order chi connectivity index (χ1) is 12.4. The number of hydrogen-bond donors (Lipinski definition) is 0. The zero-order valence-electron chi connectivity index (χ0n) is 13.9. The number of hydrogen-bond acceptors (Lipinski definition) is 5. The molecule has 4 aromatic heterocycles. The van der Waals surface area contributed by atoms with Crippen LogP contribution >= 0.6 is 11.3 Å². The largest absolute Gasteiger partial charge is 0.330 e. The second-order valence-corrected chi connectivity index (χ2v) is 7.00. The third-order valence-electron chi connectivity index (χ3n) is 4.07. The molecule has 10 heteroatoms. The molecule has 0 bridgehead atoms. The van der Waals surface area contributed by atoms with Crippen molar-refractivity contribution in [1.82, 2.24) is 29.1 Å². The third kappa shape index (κ3) is 2.71. The van der Waals surface area contributed by atoms with Crippen LogP contribution in [0.25, 0.3) is 21.6 Å². The van der Waals surface area contributed by atoms with Crippen LogP contribution in [0.4, 0.5) is 8.78 Å². The van der Waals surface area contributed by atoms with Crippen LogP contribution in [0, 0.1) is 0 Å². The highest BCUT2D eigenvalue weighted by Gasteiger charge is 2.16. The summed E-state index contributed by atoms with van der Waals surface area (Å²) in [7, 11) is 3.39. The lowest BCUT2D eigenvalue weighted by Gasteiger charge is -2.02. The number of halogens is 2. The first-order valence-electron chi connectivity index (χ1n) is 7.73. The van der Waals surface area contributed by atoms with Gasteiger partial charge in [0.25, 0.3) is 6.43 Å². The molecular formula is C16H14F2N6OS. The Morgan fingerprint density at radius 1 is 1.27 bits per heavy atom. The number of nitrogens with zero attached hydrogens (tertiary/aromatic N) is 6. The molecular weight excluding hydrogens is 362 g/mol. The Labute approximate surface area is 150 Å². The standard InChI is InChI=1S/C16H14F2N6OS/c1-22-7-10(20-21-22)8-24-11-5-9(6-19-15(11)23(2)16(24)25)12-3-4-13(26-12)14(17)18/h3-7,14H,8H2,1-2H3. The van der Waals surface area contributed by atoms with Crippen LogP contribution in [-0.4, -0.2) is 29.1 Å². The Morgan fingerprint density at radius 3 is 2.73 bits per heavy atom. The zero-order valence-corrected chi connectivity index (χ0v) is 14.7. The van der Waals surface area contributed by atoms with E-state index in [1.165, 1.54) is 10.6 Å². The van der Waals surface area contributed by atoms with Crippen molar-refractivity contribution in [3.05, 3.63) is 51.6 Å². The second-order valence-electron chi connectivity index (χ2n) is 5.88. The summed E-state index contributed by atoms with van der Waals surface area (Å²) in [5.74, 6) is 0. The molecule has 0 atom stereocenters. The molecule has 0 spiro atoms. The number of fused-ring (bicyclic) bond motifs is 1. The van der Waals surface area contributed by atoms with Gasteiger partial charge in [-0.05, 0) is 18.2 Å². The molecule has 0 amide bonds. The van der Waals surface area contributed by atoms with E-state index in [1.807, 2.05) is 0 Å². The highest BCUT2D eigenvalue weighted by molar-refractivity contribution is 7.15. The molecule has 7 nitrogen and oxygen atoms in total. The Hall–Kier alpha value is -2.88. The lowest BCUT2D eigenvalue weighted by atomic mass is 10.2. The minimum atomic E-state index is -2.50. The van der Waals surface area contributed by atoms with E-state index >= 15 is 0 Å². The average molecular weight is 376 g/mol. The number of rotatable bonds is 4. The van der Waals surface area contributed by atoms with Crippen molar-refractivity contribution in [3.63, 3.8) is 0 Å². The fourth-order valence-electron chi connectivity index (χ4n) is 2.82. The van der Waals surface area contributed by atoms with Gasteiger partial charge in [0, 0.05) is 36.9 Å². The molecule has 0 aliphatic rings. The number of aromatic nitrogens is 6. The predicted octanol–water partition coefficient (Wildman–Crippen LogP) is 2.58. The SMILES string of the molecule is Cn1cc(Cn2c(=O)n(C)c3ncc(-c4ccc(C(F)F)s4)cc32)nn1. The highest BCUT2D eigenvalue weighted by Crippen LogP contribution is 2.34. The second kappa shape index (κ2) is 6.13. The number of pyridine rings is 1. The molecule has 0 aromatic carbocycles. The summed E-state index contributed by atoms with van der Waals surface area (Å²) in [5, 5.41) is 7.89. The molecule has 4 rings (SSSR count). The molecule has 0 aliphatic heterocycles. The summed E-state index contributed by atoms with van der Waals surface area (Å²) in [6.45, 7) is 0.252. The maximum absolute atomic E-state index is 12.8. The average Bonchev–Trinajstić information content (AvgIpc) is 3.31. The number of aryl methyl sites for hydroxylation is 2. The minimum absolute atomic E-state index is 0.00473. The maximum Gasteiger partial charge on any atom is 0.330 e. The quantitative estimate of drug-likeness (QED) is 0.549. The molecule has 4 aromatic rings. The molecule has 134 valence electrons. The first kappa shape index (κ1) is 16.6. The van der Waals surface area contributed by atoms with Crippen molar-refractivity contribution < 1.29 is 8.78 Å². The van der Waals surface area contributed by atoms with Crippen molar-refractivity contribution in [2.24, 2.45) is 14.1 Å². The van der Waals surface area contributed by atoms with Gasteiger partial charge >= 0.3 is 5.69 Å². The van der Waals surface area contributed by atoms with Gasteiger partial charge in [-0.15, -0.1) is 16.4 Å². The predicted molar refractivity (Wildman–Crippen MR) is 93.3 cm³/mol. The summed E-state index contributed by atoms with van der Waals surface area (Å²) < 4.78 is 30.3. The summed E-state index contributed by atoms with van der Waals surface area (Å²) in [6.07, 6.45) is 0.823. The van der Waals surface area contributed by atoms with Crippen LogP contribution in [0.2, 0.25) is 0 Å². The van der Waals surface area contributed by atoms with Crippen molar-refractivity contribution in [1.29, 1.82) is 0 Å². The van der Waals surface area contributed by atoms with E-state index in [0.29, 0.717) is 27.3 Å². The van der Waals surface area contributed by atoms with Gasteiger partial charge in [-0.2, -0.15) is 0 Å². The van der Waals surface area contributed by atoms with E-state index in [1.54, 1.807) is 47.9 Å². The fraction of sp³-hybridized carbons (Fsp3) is 0.250. The maximum atomic E-state index is 12.8. The van der Waals surface area contributed by atoms with Gasteiger partial charge in [-0.1, -0.05) is 5.21 Å². The van der Waals surface area contributed by atoms with Crippen LogP contribution in [0.5, 0.6) is 0 Å². The summed E-state index contributed by atoms with van der Waals surface area (Å²) in [5.41, 5.74) is 2.24. The molecule has 0 N–H and O–H groups in total. The molecule has 4 heterocycles. The fourth-order valence-corrected chi connectivity index (χ4v) is 3.66. The molecule has 26 heavy (non-hydrogen) atoms. The van der Waals surface area contributed by atoms with Gasteiger partial charge in [-0.3, -0.25) is 13.8 Å². The van der Waals surface area contributed by atoms with Crippen molar-refractivity contribution >= 4 is 22.5 Å². The Kier molecular flexibility index (Phi) is 3.91. The van der Waals surface area contributed by atoms with Crippen molar-refractivity contribution in [2.45, 2.75) is 13.0 Å². The molecule has 0 aliphatic carbocycles. The van der Waals surface area contributed by atoms with Crippen molar-refractivity contribution in [2.75, 3.05) is 0 Å². The lowest BCUT2D eigenvalue weighted by Crippen LogP contribution is -2.22. The molecule has 0 saturated carbocycles. The minimum Gasteiger partial charge on any atom is -0.284 e. The Balaban J connectivity index is 1.83. The molecule has 0 fully saturated rings. The molecule has 0 saturated heterocycles. The topological polar surface area (TPSA) is 70.5 Å². The van der Waals surface area contributed by atoms with Gasteiger partial charge in [0.05, 0.1) is 16.9 Å². The van der Waals surface area contributed by atoms with Gasteiger partial charge in [0.1, 0.15) is 5.69 Å². The zero-order chi connectivity index (χ0) is 18.4. The summed E-state index contributed by atoms with van der Waals surface area (Å²) >= 11 is 1.02. The van der Waals surface area contributed by atoms with Gasteiger partial charge < -0.3 is 0 Å². The van der Waals surface area contributed by atoms with Gasteiger partial charge in [0.15, 0.2) is 5.65 Å². The van der Waals surface area contributed by atoms with Crippen LogP contribution in [0.1, 0.15) is 17.0 Å². The van der Waals surface area contributed by atoms with E-state index in [4.69, 9.17) is 0 Å². The normalized spacial score (nSPS) is 11.7. The molecule has 0 radical (unpaired) electrons. The van der Waals surface area contributed by atoms with E-state index in [-0.39, 0.29) is 17.1 Å². The Morgan fingerprint density at radius 2 is 2.08 bits per heavy atom. The van der Waals surface area contributed by atoms with E-state index in [9.17, 15) is 13.6 Å². The first-order valence-corrected chi connectivity index (χ1v) is 8.54. The van der Waals surface area contributed by atoms with Gasteiger partial charge in [-0.25, -0.2) is 18.6 Å². The Bertz CT molecular complexity index is 1160. The summed E-state index contributed by atoms with van der Waals surface area (Å²) in [6, 6.07) is 4.84.